The third kappa shape index (κ3) is 3.44. The maximum absolute atomic E-state index is 12.3. The maximum Gasteiger partial charge on any atom is 0.257 e. The molecule has 1 aliphatic carbocycles. The van der Waals surface area contributed by atoms with Gasteiger partial charge in [0.2, 0.25) is 5.91 Å². The van der Waals surface area contributed by atoms with Crippen LogP contribution in [0.3, 0.4) is 0 Å². The zero-order chi connectivity index (χ0) is 17.9. The number of nitrogens with zero attached hydrogens (tertiary/aromatic N) is 2. The fourth-order valence-electron chi connectivity index (χ4n) is 3.03. The number of nitrogens with one attached hydrogen (secondary N) is 1. The van der Waals surface area contributed by atoms with Gasteiger partial charge in [-0.05, 0) is 42.2 Å². The molecule has 0 unspecified atom stereocenters. The number of carbonyl (C=O) groups is 1. The van der Waals surface area contributed by atoms with Crippen LogP contribution in [-0.2, 0) is 11.3 Å². The lowest BCUT2D eigenvalue weighted by Gasteiger charge is -2.02. The summed E-state index contributed by atoms with van der Waals surface area (Å²) in [5.41, 5.74) is 2.02. The van der Waals surface area contributed by atoms with Crippen LogP contribution in [0, 0.1) is 5.92 Å². The van der Waals surface area contributed by atoms with Gasteiger partial charge in [0.1, 0.15) is 5.75 Å². The summed E-state index contributed by atoms with van der Waals surface area (Å²) in [5.74, 6) is 2.03. The van der Waals surface area contributed by atoms with E-state index in [0.29, 0.717) is 17.6 Å². The second-order valence-electron chi connectivity index (χ2n) is 6.32. The van der Waals surface area contributed by atoms with E-state index in [9.17, 15) is 4.79 Å². The van der Waals surface area contributed by atoms with Gasteiger partial charge in [-0.25, -0.2) is 0 Å². The highest BCUT2D eigenvalue weighted by atomic mass is 16.5. The van der Waals surface area contributed by atoms with Crippen molar-refractivity contribution in [3.8, 4) is 17.2 Å². The quantitative estimate of drug-likeness (QED) is 0.740. The van der Waals surface area contributed by atoms with Gasteiger partial charge in [-0.3, -0.25) is 4.79 Å². The minimum Gasteiger partial charge on any atom is -0.497 e. The van der Waals surface area contributed by atoms with Crippen molar-refractivity contribution < 1.29 is 14.1 Å². The summed E-state index contributed by atoms with van der Waals surface area (Å²) in [7, 11) is 1.62. The van der Waals surface area contributed by atoms with Crippen LogP contribution in [0.25, 0.3) is 11.5 Å². The first-order valence-corrected chi connectivity index (χ1v) is 8.54. The Morgan fingerprint density at radius 2 is 1.96 bits per heavy atom. The van der Waals surface area contributed by atoms with E-state index in [2.05, 4.69) is 27.6 Å². The van der Waals surface area contributed by atoms with Gasteiger partial charge in [0, 0.05) is 11.5 Å². The fourth-order valence-corrected chi connectivity index (χ4v) is 3.03. The number of amides is 1. The van der Waals surface area contributed by atoms with Crippen molar-refractivity contribution in [1.82, 2.24) is 15.5 Å². The monoisotopic (exact) mass is 349 g/mol. The molecule has 1 N–H and O–H groups in total. The molecule has 0 radical (unpaired) electrons. The van der Waals surface area contributed by atoms with E-state index in [-0.39, 0.29) is 18.4 Å². The minimum absolute atomic E-state index is 0.0327. The molecule has 6 heteroatoms. The summed E-state index contributed by atoms with van der Waals surface area (Å²) >= 11 is 0. The normalized spacial score (nSPS) is 18.3. The second kappa shape index (κ2) is 7.00. The predicted molar refractivity (Wildman–Crippen MR) is 95.4 cm³/mol. The summed E-state index contributed by atoms with van der Waals surface area (Å²) in [4.78, 5) is 16.6. The molecule has 0 saturated heterocycles. The highest BCUT2D eigenvalue weighted by Gasteiger charge is 2.43. The third-order valence-electron chi connectivity index (χ3n) is 4.58. The van der Waals surface area contributed by atoms with Gasteiger partial charge in [0.25, 0.3) is 5.89 Å². The van der Waals surface area contributed by atoms with Crippen LogP contribution in [0.1, 0.15) is 23.7 Å². The Bertz CT molecular complexity index is 890. The predicted octanol–water partition coefficient (Wildman–Crippen LogP) is 3.17. The van der Waals surface area contributed by atoms with Crippen molar-refractivity contribution in [1.29, 1.82) is 0 Å². The topological polar surface area (TPSA) is 77.2 Å². The lowest BCUT2D eigenvalue weighted by atomic mass is 10.1. The molecular weight excluding hydrogens is 330 g/mol. The summed E-state index contributed by atoms with van der Waals surface area (Å²) in [6, 6.07) is 17.5. The molecule has 6 nitrogen and oxygen atoms in total. The molecule has 4 rings (SSSR count). The lowest BCUT2D eigenvalue weighted by Crippen LogP contribution is -2.25. The van der Waals surface area contributed by atoms with Crippen molar-refractivity contribution in [2.45, 2.75) is 18.9 Å². The first-order valence-electron chi connectivity index (χ1n) is 8.54. The van der Waals surface area contributed by atoms with Crippen molar-refractivity contribution >= 4 is 5.91 Å². The van der Waals surface area contributed by atoms with Crippen LogP contribution in [0.4, 0.5) is 0 Å². The van der Waals surface area contributed by atoms with Crippen molar-refractivity contribution in [3.05, 3.63) is 66.0 Å². The first kappa shape index (κ1) is 16.3. The van der Waals surface area contributed by atoms with Gasteiger partial charge in [0.05, 0.1) is 13.7 Å². The summed E-state index contributed by atoms with van der Waals surface area (Å²) < 4.78 is 10.4. The van der Waals surface area contributed by atoms with E-state index in [1.165, 1.54) is 5.56 Å². The maximum atomic E-state index is 12.3. The van der Waals surface area contributed by atoms with Crippen LogP contribution in [-0.4, -0.2) is 23.2 Å². The molecule has 2 atom stereocenters. The Balaban J connectivity index is 1.33. The molecule has 132 valence electrons. The van der Waals surface area contributed by atoms with E-state index in [1.807, 2.05) is 42.5 Å². The third-order valence-corrected chi connectivity index (χ3v) is 4.58. The number of carbonyl (C=O) groups excluding carboxylic acids is 1. The molecule has 1 saturated carbocycles. The number of benzene rings is 2. The number of aromatic nitrogens is 2. The van der Waals surface area contributed by atoms with Gasteiger partial charge in [-0.15, -0.1) is 0 Å². The Kier molecular flexibility index (Phi) is 4.39. The van der Waals surface area contributed by atoms with Crippen LogP contribution in [0.2, 0.25) is 0 Å². The molecule has 3 aromatic rings. The molecule has 1 heterocycles. The van der Waals surface area contributed by atoms with Crippen LogP contribution < -0.4 is 10.1 Å². The van der Waals surface area contributed by atoms with E-state index in [4.69, 9.17) is 9.26 Å². The molecule has 1 aromatic heterocycles. The zero-order valence-corrected chi connectivity index (χ0v) is 14.4. The van der Waals surface area contributed by atoms with Gasteiger partial charge in [0.15, 0.2) is 5.82 Å². The van der Waals surface area contributed by atoms with E-state index in [1.54, 1.807) is 7.11 Å². The van der Waals surface area contributed by atoms with E-state index >= 15 is 0 Å². The standard InChI is InChI=1S/C20H19N3O3/c1-25-15-9-7-14(8-10-15)20-22-18(23-26-20)12-21-19(24)17-11-16(17)13-5-3-2-4-6-13/h2-10,16-17H,11-12H2,1H3,(H,21,24)/t16-,17-/m1/s1. The Hall–Kier alpha value is -3.15. The second-order valence-corrected chi connectivity index (χ2v) is 6.32. The summed E-state index contributed by atoms with van der Waals surface area (Å²) in [6.45, 7) is 0.260. The number of methoxy groups -OCH3 is 1. The van der Waals surface area contributed by atoms with Gasteiger partial charge < -0.3 is 14.6 Å². The smallest absolute Gasteiger partial charge is 0.257 e. The SMILES string of the molecule is COc1ccc(-c2nc(CNC(=O)[C@@H]3C[C@@H]3c3ccccc3)no2)cc1. The highest BCUT2D eigenvalue weighted by molar-refractivity contribution is 5.82. The van der Waals surface area contributed by atoms with E-state index < -0.39 is 0 Å². The average Bonchev–Trinajstić information content (AvgIpc) is 3.37. The minimum atomic E-state index is 0.0327. The molecule has 0 bridgehead atoms. The Morgan fingerprint density at radius 1 is 1.19 bits per heavy atom. The molecule has 2 aromatic carbocycles. The van der Waals surface area contributed by atoms with Gasteiger partial charge in [-0.1, -0.05) is 35.5 Å². The molecule has 26 heavy (non-hydrogen) atoms. The lowest BCUT2D eigenvalue weighted by molar-refractivity contribution is -0.122. The van der Waals surface area contributed by atoms with Crippen molar-refractivity contribution in [2.75, 3.05) is 7.11 Å². The molecule has 0 spiro atoms. The number of hydrogen-bond donors (Lipinski definition) is 1. The molecular formula is C20H19N3O3. The molecule has 1 aliphatic rings. The van der Waals surface area contributed by atoms with Crippen LogP contribution >= 0.6 is 0 Å². The number of hydrogen-bond acceptors (Lipinski definition) is 5. The van der Waals surface area contributed by atoms with Crippen LogP contribution in [0.15, 0.2) is 59.1 Å². The fraction of sp³-hybridized carbons (Fsp3) is 0.250. The van der Waals surface area contributed by atoms with Crippen molar-refractivity contribution in [3.63, 3.8) is 0 Å². The number of rotatable bonds is 6. The Morgan fingerprint density at radius 3 is 2.69 bits per heavy atom. The molecule has 0 aliphatic heterocycles. The number of ether oxygens (including phenoxy) is 1. The van der Waals surface area contributed by atoms with Crippen LogP contribution in [0.5, 0.6) is 5.75 Å². The Labute approximate surface area is 151 Å². The molecule has 1 amide bonds. The largest absolute Gasteiger partial charge is 0.497 e. The average molecular weight is 349 g/mol. The van der Waals surface area contributed by atoms with Gasteiger partial charge in [-0.2, -0.15) is 4.98 Å². The van der Waals surface area contributed by atoms with Gasteiger partial charge >= 0.3 is 0 Å². The highest BCUT2D eigenvalue weighted by Crippen LogP contribution is 2.47. The van der Waals surface area contributed by atoms with E-state index in [0.717, 1.165) is 17.7 Å². The zero-order valence-electron chi connectivity index (χ0n) is 14.4. The summed E-state index contributed by atoms with van der Waals surface area (Å²) in [6.07, 6.45) is 0.888. The van der Waals surface area contributed by atoms with Crippen molar-refractivity contribution in [2.24, 2.45) is 5.92 Å². The first-order chi connectivity index (χ1) is 12.7. The summed E-state index contributed by atoms with van der Waals surface area (Å²) in [5, 5.41) is 6.83. The molecule has 1 fully saturated rings.